The lowest BCUT2D eigenvalue weighted by molar-refractivity contribution is 0.0928. The topological polar surface area (TPSA) is 54.3 Å². The van der Waals surface area contributed by atoms with Gasteiger partial charge in [0.1, 0.15) is 11.5 Å². The van der Waals surface area contributed by atoms with E-state index in [2.05, 4.69) is 5.32 Å². The minimum atomic E-state index is -0.324. The summed E-state index contributed by atoms with van der Waals surface area (Å²) in [5, 5.41) is 12.8. The molecular formula is C19H17FN2O2. The first kappa shape index (κ1) is 14.9. The third-order valence-corrected chi connectivity index (χ3v) is 4.66. The Kier molecular flexibility index (Phi) is 3.39. The number of hydrogen-bond donors (Lipinski definition) is 2. The van der Waals surface area contributed by atoms with Crippen LogP contribution >= 0.6 is 0 Å². The van der Waals surface area contributed by atoms with E-state index >= 15 is 0 Å². The van der Waals surface area contributed by atoms with Gasteiger partial charge in [-0.2, -0.15) is 0 Å². The molecule has 0 aliphatic carbocycles. The van der Waals surface area contributed by atoms with E-state index in [1.54, 1.807) is 0 Å². The smallest absolute Gasteiger partial charge is 0.268 e. The van der Waals surface area contributed by atoms with Crippen molar-refractivity contribution in [1.82, 2.24) is 9.88 Å². The van der Waals surface area contributed by atoms with Crippen LogP contribution in [0.15, 0.2) is 36.4 Å². The van der Waals surface area contributed by atoms with E-state index in [1.165, 1.54) is 12.1 Å². The van der Waals surface area contributed by atoms with E-state index in [4.69, 9.17) is 0 Å². The van der Waals surface area contributed by atoms with Crippen LogP contribution in [0.4, 0.5) is 4.39 Å². The fourth-order valence-corrected chi connectivity index (χ4v) is 3.51. The second kappa shape index (κ2) is 5.46. The summed E-state index contributed by atoms with van der Waals surface area (Å²) in [4.78, 5) is 12.2. The van der Waals surface area contributed by atoms with E-state index in [1.807, 2.05) is 35.8 Å². The van der Waals surface area contributed by atoms with Gasteiger partial charge in [0.2, 0.25) is 0 Å². The molecule has 122 valence electrons. The van der Waals surface area contributed by atoms with Gasteiger partial charge < -0.3 is 15.0 Å². The predicted molar refractivity (Wildman–Crippen MR) is 90.3 cm³/mol. The van der Waals surface area contributed by atoms with E-state index in [0.29, 0.717) is 18.8 Å². The van der Waals surface area contributed by atoms with Gasteiger partial charge in [0.25, 0.3) is 5.91 Å². The maximum atomic E-state index is 14.2. The van der Waals surface area contributed by atoms with Crippen LogP contribution in [0.5, 0.6) is 0 Å². The number of carbonyl (C=O) groups is 1. The summed E-state index contributed by atoms with van der Waals surface area (Å²) in [5.74, 6) is -0.438. The molecule has 2 heterocycles. The number of rotatable bonds is 2. The zero-order chi connectivity index (χ0) is 16.8. The minimum Gasteiger partial charge on any atom is -0.392 e. The first-order valence-corrected chi connectivity index (χ1v) is 7.91. The molecule has 24 heavy (non-hydrogen) atoms. The highest BCUT2D eigenvalue weighted by Crippen LogP contribution is 2.36. The predicted octanol–water partition coefficient (Wildman–Crippen LogP) is 2.99. The average Bonchev–Trinajstić information content (AvgIpc) is 2.88. The normalized spacial score (nSPS) is 13.9. The molecule has 0 fully saturated rings. The molecule has 4 nitrogen and oxygen atoms in total. The zero-order valence-corrected chi connectivity index (χ0v) is 13.3. The van der Waals surface area contributed by atoms with Crippen molar-refractivity contribution in [3.8, 4) is 11.1 Å². The van der Waals surface area contributed by atoms with E-state index in [0.717, 1.165) is 33.2 Å². The van der Waals surface area contributed by atoms with E-state index < -0.39 is 0 Å². The van der Waals surface area contributed by atoms with Crippen molar-refractivity contribution < 1.29 is 14.3 Å². The summed E-state index contributed by atoms with van der Waals surface area (Å²) in [6.45, 7) is 3.06. The van der Waals surface area contributed by atoms with Gasteiger partial charge in [0.05, 0.1) is 12.1 Å². The summed E-state index contributed by atoms with van der Waals surface area (Å²) < 4.78 is 16.2. The van der Waals surface area contributed by atoms with Crippen LogP contribution in [0.1, 0.15) is 21.6 Å². The first-order valence-electron chi connectivity index (χ1n) is 7.91. The lowest BCUT2D eigenvalue weighted by Crippen LogP contribution is -2.35. The number of nitrogens with zero attached hydrogens (tertiary/aromatic N) is 1. The van der Waals surface area contributed by atoms with Gasteiger partial charge in [-0.05, 0) is 35.7 Å². The number of halogens is 1. The number of aliphatic hydroxyl groups is 1. The second-order valence-corrected chi connectivity index (χ2v) is 6.09. The summed E-state index contributed by atoms with van der Waals surface area (Å²) in [5.41, 5.74) is 4.72. The number of amides is 1. The number of benzene rings is 2. The van der Waals surface area contributed by atoms with Crippen LogP contribution in [0.3, 0.4) is 0 Å². The lowest BCUT2D eigenvalue weighted by Gasteiger charge is -2.18. The lowest BCUT2D eigenvalue weighted by atomic mass is 10.0. The molecule has 1 aliphatic heterocycles. The van der Waals surface area contributed by atoms with Crippen molar-refractivity contribution in [2.24, 2.45) is 0 Å². The molecule has 0 atom stereocenters. The molecule has 0 unspecified atom stereocenters. The molecule has 4 rings (SSSR count). The first-order chi connectivity index (χ1) is 11.6. The SMILES string of the molecule is Cc1c2n(c3c(-c4ccc(CO)cc4)cc(F)cc13)CCNC2=O. The van der Waals surface area contributed by atoms with Gasteiger partial charge in [0, 0.05) is 24.0 Å². The molecule has 2 aromatic carbocycles. The van der Waals surface area contributed by atoms with E-state index in [9.17, 15) is 14.3 Å². The number of aliphatic hydroxyl groups excluding tert-OH is 1. The van der Waals surface area contributed by atoms with E-state index in [-0.39, 0.29) is 18.3 Å². The Labute approximate surface area is 138 Å². The molecule has 0 saturated carbocycles. The highest BCUT2D eigenvalue weighted by Gasteiger charge is 2.25. The Morgan fingerprint density at radius 1 is 1.25 bits per heavy atom. The van der Waals surface area contributed by atoms with Crippen molar-refractivity contribution in [3.05, 3.63) is 59.0 Å². The van der Waals surface area contributed by atoms with Crippen molar-refractivity contribution >= 4 is 16.8 Å². The number of aromatic nitrogens is 1. The minimum absolute atomic E-state index is 0.0291. The van der Waals surface area contributed by atoms with Crippen LogP contribution in [0.2, 0.25) is 0 Å². The maximum Gasteiger partial charge on any atom is 0.268 e. The summed E-state index contributed by atoms with van der Waals surface area (Å²) >= 11 is 0. The Morgan fingerprint density at radius 2 is 2.00 bits per heavy atom. The van der Waals surface area contributed by atoms with Crippen molar-refractivity contribution in [1.29, 1.82) is 0 Å². The van der Waals surface area contributed by atoms with Crippen molar-refractivity contribution in [2.45, 2.75) is 20.1 Å². The molecule has 1 amide bonds. The largest absolute Gasteiger partial charge is 0.392 e. The quantitative estimate of drug-likeness (QED) is 0.761. The summed E-state index contributed by atoms with van der Waals surface area (Å²) in [6, 6.07) is 10.4. The standard InChI is InChI=1S/C19H17FN2O2/c1-11-15-8-14(20)9-16(13-4-2-12(10-23)3-5-13)18(15)22-7-6-21-19(24)17(11)22/h2-5,8-9,23H,6-7,10H2,1H3,(H,21,24). The van der Waals surface area contributed by atoms with Gasteiger partial charge in [-0.15, -0.1) is 0 Å². The van der Waals surface area contributed by atoms with Crippen LogP contribution in [0.25, 0.3) is 22.0 Å². The van der Waals surface area contributed by atoms with Crippen molar-refractivity contribution in [2.75, 3.05) is 6.54 Å². The van der Waals surface area contributed by atoms with Gasteiger partial charge in [-0.25, -0.2) is 4.39 Å². The zero-order valence-electron chi connectivity index (χ0n) is 13.3. The molecule has 3 aromatic rings. The third-order valence-electron chi connectivity index (χ3n) is 4.66. The molecule has 0 radical (unpaired) electrons. The third kappa shape index (κ3) is 2.12. The Bertz CT molecular complexity index is 958. The highest BCUT2D eigenvalue weighted by atomic mass is 19.1. The molecular weight excluding hydrogens is 307 g/mol. The molecule has 1 aliphatic rings. The Morgan fingerprint density at radius 3 is 2.71 bits per heavy atom. The molecule has 0 saturated heterocycles. The fraction of sp³-hybridized carbons (Fsp3) is 0.211. The fourth-order valence-electron chi connectivity index (χ4n) is 3.51. The van der Waals surface area contributed by atoms with Gasteiger partial charge in [-0.1, -0.05) is 24.3 Å². The van der Waals surface area contributed by atoms with Crippen LogP contribution in [-0.4, -0.2) is 22.1 Å². The number of aryl methyl sites for hydroxylation is 1. The van der Waals surface area contributed by atoms with Crippen LogP contribution < -0.4 is 5.32 Å². The second-order valence-electron chi connectivity index (χ2n) is 6.09. The van der Waals surface area contributed by atoms with Gasteiger partial charge in [-0.3, -0.25) is 4.79 Å². The summed E-state index contributed by atoms with van der Waals surface area (Å²) in [6.07, 6.45) is 0. The highest BCUT2D eigenvalue weighted by molar-refractivity contribution is 6.06. The Balaban J connectivity index is 2.04. The monoisotopic (exact) mass is 324 g/mol. The molecule has 1 aromatic heterocycles. The number of carbonyl (C=O) groups excluding carboxylic acids is 1. The summed E-state index contributed by atoms with van der Waals surface area (Å²) in [7, 11) is 0. The molecule has 5 heteroatoms. The van der Waals surface area contributed by atoms with Crippen LogP contribution in [-0.2, 0) is 13.2 Å². The average molecular weight is 324 g/mol. The number of nitrogens with one attached hydrogen (secondary N) is 1. The molecule has 0 spiro atoms. The number of hydrogen-bond acceptors (Lipinski definition) is 2. The van der Waals surface area contributed by atoms with Crippen LogP contribution in [0, 0.1) is 12.7 Å². The Hall–Kier alpha value is -2.66. The maximum absolute atomic E-state index is 14.2. The molecule has 0 bridgehead atoms. The van der Waals surface area contributed by atoms with Gasteiger partial charge >= 0.3 is 0 Å². The number of fused-ring (bicyclic) bond motifs is 3. The van der Waals surface area contributed by atoms with Gasteiger partial charge in [0.15, 0.2) is 0 Å². The molecule has 2 N–H and O–H groups in total. The van der Waals surface area contributed by atoms with Crippen molar-refractivity contribution in [3.63, 3.8) is 0 Å².